The van der Waals surface area contributed by atoms with Crippen LogP contribution in [-0.4, -0.2) is 16.7 Å². The minimum atomic E-state index is -0.421. The SMILES string of the molecule is C/C(=N\NC(=O)c1oc2ccccc2c1C)c1cc(C)ccc1O. The molecule has 5 heteroatoms. The number of nitrogens with one attached hydrogen (secondary N) is 1. The molecule has 122 valence electrons. The topological polar surface area (TPSA) is 74.8 Å². The Morgan fingerprint density at radius 2 is 1.92 bits per heavy atom. The first kappa shape index (κ1) is 15.8. The number of carbonyl (C=O) groups is 1. The van der Waals surface area contributed by atoms with Gasteiger partial charge >= 0.3 is 5.91 Å². The van der Waals surface area contributed by atoms with Crippen molar-refractivity contribution in [2.75, 3.05) is 0 Å². The highest BCUT2D eigenvalue weighted by Gasteiger charge is 2.17. The van der Waals surface area contributed by atoms with Gasteiger partial charge in [0, 0.05) is 16.5 Å². The van der Waals surface area contributed by atoms with E-state index in [-0.39, 0.29) is 11.5 Å². The zero-order valence-electron chi connectivity index (χ0n) is 13.8. The van der Waals surface area contributed by atoms with Gasteiger partial charge in [-0.1, -0.05) is 29.8 Å². The summed E-state index contributed by atoms with van der Waals surface area (Å²) in [5.74, 6) is -0.0626. The lowest BCUT2D eigenvalue weighted by molar-refractivity contribution is 0.0928. The fourth-order valence-electron chi connectivity index (χ4n) is 2.58. The number of nitrogens with zero attached hydrogens (tertiary/aromatic N) is 1. The number of benzene rings is 2. The van der Waals surface area contributed by atoms with Crippen molar-refractivity contribution < 1.29 is 14.3 Å². The van der Waals surface area contributed by atoms with Gasteiger partial charge in [0.2, 0.25) is 0 Å². The van der Waals surface area contributed by atoms with Crippen molar-refractivity contribution in [3.8, 4) is 5.75 Å². The van der Waals surface area contributed by atoms with Crippen LogP contribution in [0.1, 0.15) is 34.2 Å². The molecule has 0 saturated heterocycles. The lowest BCUT2D eigenvalue weighted by atomic mass is 10.1. The summed E-state index contributed by atoms with van der Waals surface area (Å²) in [5.41, 5.74) is 6.02. The summed E-state index contributed by atoms with van der Waals surface area (Å²) in [4.78, 5) is 12.3. The maximum atomic E-state index is 12.3. The van der Waals surface area contributed by atoms with Gasteiger partial charge in [-0.15, -0.1) is 0 Å². The van der Waals surface area contributed by atoms with E-state index < -0.39 is 5.91 Å². The molecule has 0 aliphatic heterocycles. The predicted octanol–water partition coefficient (Wildman–Crippen LogP) is 3.91. The second-order valence-electron chi connectivity index (χ2n) is 5.71. The number of aryl methyl sites for hydroxylation is 2. The summed E-state index contributed by atoms with van der Waals surface area (Å²) in [6.07, 6.45) is 0. The molecule has 3 rings (SSSR count). The first-order valence-corrected chi connectivity index (χ1v) is 7.60. The van der Waals surface area contributed by atoms with E-state index >= 15 is 0 Å². The Morgan fingerprint density at radius 1 is 1.17 bits per heavy atom. The molecule has 3 aromatic rings. The van der Waals surface area contributed by atoms with Crippen LogP contribution in [0.25, 0.3) is 11.0 Å². The minimum absolute atomic E-state index is 0.121. The molecular weight excluding hydrogens is 304 g/mol. The molecule has 0 saturated carbocycles. The quantitative estimate of drug-likeness (QED) is 0.567. The third-order valence-corrected chi connectivity index (χ3v) is 3.92. The van der Waals surface area contributed by atoms with Crippen molar-refractivity contribution in [3.05, 3.63) is 64.9 Å². The van der Waals surface area contributed by atoms with Crippen molar-refractivity contribution in [3.63, 3.8) is 0 Å². The number of phenolic OH excluding ortho intramolecular Hbond substituents is 1. The van der Waals surface area contributed by atoms with Gasteiger partial charge in [-0.25, -0.2) is 5.43 Å². The van der Waals surface area contributed by atoms with Crippen LogP contribution in [0.5, 0.6) is 5.75 Å². The number of hydrogen-bond acceptors (Lipinski definition) is 4. The number of hydrazone groups is 1. The van der Waals surface area contributed by atoms with Crippen LogP contribution in [0, 0.1) is 13.8 Å². The molecule has 0 aliphatic carbocycles. The summed E-state index contributed by atoms with van der Waals surface area (Å²) < 4.78 is 5.61. The maximum absolute atomic E-state index is 12.3. The summed E-state index contributed by atoms with van der Waals surface area (Å²) in [6.45, 7) is 5.48. The van der Waals surface area contributed by atoms with E-state index in [2.05, 4.69) is 10.5 Å². The van der Waals surface area contributed by atoms with E-state index in [1.54, 1.807) is 13.0 Å². The van der Waals surface area contributed by atoms with Crippen LogP contribution in [0.3, 0.4) is 0 Å². The number of hydrogen-bond donors (Lipinski definition) is 2. The van der Waals surface area contributed by atoms with Gasteiger partial charge < -0.3 is 9.52 Å². The van der Waals surface area contributed by atoms with Crippen LogP contribution in [0.4, 0.5) is 0 Å². The van der Waals surface area contributed by atoms with Gasteiger partial charge in [-0.2, -0.15) is 5.10 Å². The largest absolute Gasteiger partial charge is 0.507 e. The average molecular weight is 322 g/mol. The lowest BCUT2D eigenvalue weighted by Gasteiger charge is -2.06. The summed E-state index contributed by atoms with van der Waals surface area (Å²) in [7, 11) is 0. The number of amides is 1. The van der Waals surface area contributed by atoms with Crippen molar-refractivity contribution in [1.82, 2.24) is 5.43 Å². The molecule has 5 nitrogen and oxygen atoms in total. The maximum Gasteiger partial charge on any atom is 0.307 e. The molecule has 1 heterocycles. The smallest absolute Gasteiger partial charge is 0.307 e. The Morgan fingerprint density at radius 3 is 2.67 bits per heavy atom. The number of rotatable bonds is 3. The van der Waals surface area contributed by atoms with Crippen LogP contribution in [0.2, 0.25) is 0 Å². The van der Waals surface area contributed by atoms with Crippen LogP contribution < -0.4 is 5.43 Å². The van der Waals surface area contributed by atoms with Gasteiger partial charge in [0.25, 0.3) is 0 Å². The summed E-state index contributed by atoms with van der Waals surface area (Å²) >= 11 is 0. The number of furan rings is 1. The first-order chi connectivity index (χ1) is 11.5. The number of carbonyl (C=O) groups excluding carboxylic acids is 1. The van der Waals surface area contributed by atoms with Gasteiger partial charge in [0.1, 0.15) is 11.3 Å². The van der Waals surface area contributed by atoms with E-state index in [1.165, 1.54) is 0 Å². The molecule has 0 spiro atoms. The van der Waals surface area contributed by atoms with Crippen LogP contribution in [-0.2, 0) is 0 Å². The molecule has 0 atom stereocenters. The molecule has 24 heavy (non-hydrogen) atoms. The molecule has 0 radical (unpaired) electrons. The Bertz CT molecular complexity index is 954. The molecule has 2 aromatic carbocycles. The zero-order chi connectivity index (χ0) is 17.3. The monoisotopic (exact) mass is 322 g/mol. The van der Waals surface area contributed by atoms with Crippen LogP contribution >= 0.6 is 0 Å². The third-order valence-electron chi connectivity index (χ3n) is 3.92. The average Bonchev–Trinajstić information content (AvgIpc) is 2.92. The summed E-state index contributed by atoms with van der Waals surface area (Å²) in [6, 6.07) is 12.7. The van der Waals surface area contributed by atoms with E-state index in [4.69, 9.17) is 4.42 Å². The molecule has 0 aliphatic rings. The number of fused-ring (bicyclic) bond motifs is 1. The standard InChI is InChI=1S/C19H18N2O3/c1-11-8-9-16(22)15(10-11)13(3)20-21-19(23)18-12(2)14-6-4-5-7-17(14)24-18/h4-10,22H,1-3H3,(H,21,23)/b20-13+. The molecular formula is C19H18N2O3. The highest BCUT2D eigenvalue weighted by molar-refractivity contribution is 6.03. The Labute approximate surface area is 139 Å². The van der Waals surface area contributed by atoms with Crippen molar-refractivity contribution in [2.45, 2.75) is 20.8 Å². The first-order valence-electron chi connectivity index (χ1n) is 7.60. The molecule has 0 unspecified atom stereocenters. The van der Waals surface area contributed by atoms with Gasteiger partial charge in [-0.05, 0) is 39.0 Å². The second-order valence-corrected chi connectivity index (χ2v) is 5.71. The van der Waals surface area contributed by atoms with Crippen molar-refractivity contribution in [1.29, 1.82) is 0 Å². The van der Waals surface area contributed by atoms with Gasteiger partial charge in [0.15, 0.2) is 5.76 Å². The molecule has 1 aromatic heterocycles. The highest BCUT2D eigenvalue weighted by Crippen LogP contribution is 2.25. The predicted molar refractivity (Wildman–Crippen MR) is 93.5 cm³/mol. The third kappa shape index (κ3) is 2.88. The summed E-state index contributed by atoms with van der Waals surface area (Å²) in [5, 5.41) is 14.9. The second kappa shape index (κ2) is 6.20. The van der Waals surface area contributed by atoms with Gasteiger partial charge in [-0.3, -0.25) is 4.79 Å². The van der Waals surface area contributed by atoms with Gasteiger partial charge in [0.05, 0.1) is 5.71 Å². The van der Waals surface area contributed by atoms with E-state index in [9.17, 15) is 9.90 Å². The number of para-hydroxylation sites is 1. The van der Waals surface area contributed by atoms with Crippen LogP contribution in [0.15, 0.2) is 52.0 Å². The van der Waals surface area contributed by atoms with E-state index in [0.717, 1.165) is 16.5 Å². The molecule has 0 fully saturated rings. The Hall–Kier alpha value is -3.08. The fraction of sp³-hybridized carbons (Fsp3) is 0.158. The highest BCUT2D eigenvalue weighted by atomic mass is 16.3. The minimum Gasteiger partial charge on any atom is -0.507 e. The fourth-order valence-corrected chi connectivity index (χ4v) is 2.58. The molecule has 2 N–H and O–H groups in total. The number of aromatic hydroxyl groups is 1. The van der Waals surface area contributed by atoms with Crippen molar-refractivity contribution in [2.24, 2.45) is 5.10 Å². The normalized spacial score (nSPS) is 11.7. The lowest BCUT2D eigenvalue weighted by Crippen LogP contribution is -2.19. The zero-order valence-corrected chi connectivity index (χ0v) is 13.8. The molecule has 0 bridgehead atoms. The van der Waals surface area contributed by atoms with Crippen molar-refractivity contribution >= 4 is 22.6 Å². The van der Waals surface area contributed by atoms with E-state index in [0.29, 0.717) is 16.9 Å². The van der Waals surface area contributed by atoms with E-state index in [1.807, 2.05) is 50.2 Å². The Balaban J connectivity index is 1.86. The number of phenols is 1. The molecule has 1 amide bonds. The Kier molecular flexibility index (Phi) is 4.08.